The summed E-state index contributed by atoms with van der Waals surface area (Å²) < 4.78 is 61.7. The fraction of sp³-hybridized carbons (Fsp3) is 0.660. The second-order valence-corrected chi connectivity index (χ2v) is 18.5. The van der Waals surface area contributed by atoms with E-state index in [1.165, 1.54) is 27.9 Å². The molecule has 1 aliphatic carbocycles. The van der Waals surface area contributed by atoms with E-state index in [0.29, 0.717) is 44.9 Å². The van der Waals surface area contributed by atoms with E-state index < -0.39 is 127 Å². The van der Waals surface area contributed by atoms with Crippen molar-refractivity contribution in [1.29, 1.82) is 0 Å². The molecule has 23 heteroatoms. The van der Waals surface area contributed by atoms with Gasteiger partial charge in [-0.2, -0.15) is 0 Å². The molecule has 1 saturated carbocycles. The van der Waals surface area contributed by atoms with Crippen molar-refractivity contribution >= 4 is 59.9 Å². The topological polar surface area (TPSA) is 302 Å². The molecule has 0 amide bonds. The van der Waals surface area contributed by atoms with Crippen LogP contribution in [0.5, 0.6) is 0 Å². The first-order valence-corrected chi connectivity index (χ1v) is 25.3. The van der Waals surface area contributed by atoms with E-state index in [1.54, 1.807) is 13.8 Å². The number of aryl methyl sites for hydroxylation is 1. The van der Waals surface area contributed by atoms with Gasteiger partial charge < -0.3 is 61.9 Å². The molecule has 76 heavy (non-hydrogen) atoms. The van der Waals surface area contributed by atoms with Crippen molar-refractivity contribution in [3.05, 3.63) is 48.0 Å². The van der Waals surface area contributed by atoms with E-state index in [4.69, 9.17) is 56.8 Å². The zero-order valence-corrected chi connectivity index (χ0v) is 45.4. The monoisotopic (exact) mass is 1080 g/mol. The van der Waals surface area contributed by atoms with Crippen molar-refractivity contribution in [3.63, 3.8) is 0 Å². The van der Waals surface area contributed by atoms with Crippen LogP contribution in [0, 0.1) is 11.8 Å². The Morgan fingerprint density at radius 2 is 0.987 bits per heavy atom. The van der Waals surface area contributed by atoms with Gasteiger partial charge in [0.25, 0.3) is 0 Å². The summed E-state index contributed by atoms with van der Waals surface area (Å²) in [6, 6.07) is 9.66. The molecule has 0 radical (unpaired) electrons. The Bertz CT molecular complexity index is 2100. The van der Waals surface area contributed by atoms with Crippen molar-refractivity contribution < 1.29 is 110 Å². The molecule has 0 bridgehead atoms. The van der Waals surface area contributed by atoms with Crippen LogP contribution in [0.2, 0.25) is 0 Å². The van der Waals surface area contributed by atoms with Crippen molar-refractivity contribution in [2.45, 2.75) is 207 Å². The number of aliphatic hydroxyl groups excluding tert-OH is 1. The highest BCUT2D eigenvalue weighted by atomic mass is 16.7. The Balaban J connectivity index is 1.98. The van der Waals surface area contributed by atoms with Crippen LogP contribution in [0.3, 0.4) is 0 Å². The molecule has 1 aromatic rings. The third kappa shape index (κ3) is 24.4. The second-order valence-electron chi connectivity index (χ2n) is 18.5. The van der Waals surface area contributed by atoms with Crippen molar-refractivity contribution in [1.82, 2.24) is 0 Å². The van der Waals surface area contributed by atoms with Crippen LogP contribution in [-0.4, -0.2) is 146 Å². The molecule has 426 valence electrons. The summed E-state index contributed by atoms with van der Waals surface area (Å²) in [4.78, 5) is 126. The Morgan fingerprint density at radius 3 is 1.42 bits per heavy atom. The lowest BCUT2D eigenvalue weighted by atomic mass is 9.85. The largest absolute Gasteiger partial charge is 0.509 e. The predicted molar refractivity (Wildman–Crippen MR) is 263 cm³/mol. The molecule has 0 aromatic heterocycles. The summed E-state index contributed by atoms with van der Waals surface area (Å²) >= 11 is 0. The Hall–Kier alpha value is -6.62. The lowest BCUT2D eigenvalue weighted by Crippen LogP contribution is -2.39. The van der Waals surface area contributed by atoms with Crippen molar-refractivity contribution in [3.8, 4) is 0 Å². The quantitative estimate of drug-likeness (QED) is 0.0318. The highest BCUT2D eigenvalue weighted by Gasteiger charge is 2.47. The van der Waals surface area contributed by atoms with E-state index in [9.17, 15) is 53.1 Å². The van der Waals surface area contributed by atoms with Gasteiger partial charge in [-0.05, 0) is 120 Å². The van der Waals surface area contributed by atoms with Gasteiger partial charge in [0.05, 0.1) is 12.2 Å². The fourth-order valence-electron chi connectivity index (χ4n) is 7.47. The van der Waals surface area contributed by atoms with Crippen LogP contribution in [0.1, 0.15) is 133 Å². The number of allylic oxidation sites excluding steroid dienone is 2. The number of hydrogen-bond donors (Lipinski definition) is 1. The highest BCUT2D eigenvalue weighted by Crippen LogP contribution is 2.42. The van der Waals surface area contributed by atoms with E-state index in [-0.39, 0.29) is 30.8 Å². The van der Waals surface area contributed by atoms with E-state index in [2.05, 4.69) is 0 Å². The molecule has 0 saturated heterocycles. The first kappa shape index (κ1) is 65.5. The van der Waals surface area contributed by atoms with E-state index >= 15 is 0 Å². The molecule has 0 aliphatic heterocycles. The molecule has 0 spiro atoms. The number of aliphatic hydroxyl groups is 1. The van der Waals surface area contributed by atoms with Gasteiger partial charge in [-0.3, -0.25) is 9.59 Å². The average Bonchev–Trinajstić information content (AvgIpc) is 3.66. The maximum atomic E-state index is 13.3. The minimum Gasteiger partial charge on any atom is -0.463 e. The predicted octanol–water partition coefficient (Wildman–Crippen LogP) is 5.43. The standard InChI is InChI=1S/C53H76O23/c1-29(2)66-45(56)23-19-14-13-18-22-41-42(27-26-40(55)25-24-39-20-16-15-17-21-39)44(28-43(41)74-37(10)54)76-53(64)73-36(9)51(62)71-34(7)49(60)69-32(5)47(58)67-30(3)46(57)68-31(4)48(59)70-33(6)50(61)72-35(8)52(63)75-38(11)65-12/h13,15-18,20-21,29-36,38,40-44,55H,14,19,22-28H2,1-12H3/b18-13-/t30?,31?,32?,33?,34?,35?,36?,38?,40-,41+,42+,43-,44+/m0/s1. The summed E-state index contributed by atoms with van der Waals surface area (Å²) in [5.74, 6) is -9.76. The third-order valence-corrected chi connectivity index (χ3v) is 11.6. The summed E-state index contributed by atoms with van der Waals surface area (Å²) in [7, 11) is 1.29. The molecule has 1 N–H and O–H groups in total. The van der Waals surface area contributed by atoms with Crippen molar-refractivity contribution in [2.24, 2.45) is 11.8 Å². The Labute approximate surface area is 443 Å². The van der Waals surface area contributed by atoms with Gasteiger partial charge in [-0.1, -0.05) is 42.5 Å². The van der Waals surface area contributed by atoms with Crippen LogP contribution in [0.25, 0.3) is 0 Å². The number of unbranched alkanes of at least 4 members (excludes halogenated alkanes) is 1. The van der Waals surface area contributed by atoms with Crippen LogP contribution in [0.4, 0.5) is 4.79 Å². The number of carbonyl (C=O) groups excluding carboxylic acids is 10. The van der Waals surface area contributed by atoms with Crippen molar-refractivity contribution in [2.75, 3.05) is 7.11 Å². The highest BCUT2D eigenvalue weighted by molar-refractivity contribution is 5.87. The van der Waals surface area contributed by atoms with Gasteiger partial charge in [0, 0.05) is 38.7 Å². The molecule has 8 unspecified atom stereocenters. The van der Waals surface area contributed by atoms with Gasteiger partial charge in [-0.15, -0.1) is 0 Å². The number of hydrogen-bond acceptors (Lipinski definition) is 23. The van der Waals surface area contributed by atoms with Gasteiger partial charge in [0.2, 0.25) is 0 Å². The van der Waals surface area contributed by atoms with E-state index in [1.807, 2.05) is 42.5 Å². The maximum Gasteiger partial charge on any atom is 0.509 e. The molecule has 0 heterocycles. The Kier molecular flexibility index (Phi) is 28.8. The van der Waals surface area contributed by atoms with Gasteiger partial charge >= 0.3 is 59.9 Å². The molecule has 1 aliphatic rings. The van der Waals surface area contributed by atoms with Gasteiger partial charge in [-0.25, -0.2) is 38.4 Å². The SMILES string of the molecule is COC(C)OC(=O)C(C)OC(=O)C(C)OC(=O)C(C)OC(=O)C(C)OC(=O)C(C)OC(=O)C(C)OC(=O)C(C)OC(=O)O[C@@H]1C[C@H](OC(C)=O)[C@H](C/C=C\CCCC(=O)OC(C)C)[C@H]1CC[C@@H](O)CCc1ccccc1. The molecular formula is C53H76O23. The summed E-state index contributed by atoms with van der Waals surface area (Å²) in [6.07, 6.45) is -8.33. The normalized spacial score (nSPS) is 19.7. The minimum absolute atomic E-state index is 0.0895. The number of esters is 9. The first-order valence-electron chi connectivity index (χ1n) is 25.3. The van der Waals surface area contributed by atoms with Crippen LogP contribution in [-0.2, 0) is 106 Å². The van der Waals surface area contributed by atoms with Gasteiger partial charge in [0.1, 0.15) is 12.2 Å². The molecule has 23 nitrogen and oxygen atoms in total. The lowest BCUT2D eigenvalue weighted by molar-refractivity contribution is -0.192. The number of ether oxygens (including phenoxy) is 12. The second kappa shape index (κ2) is 33.4. The number of methoxy groups -OCH3 is 1. The fourth-order valence-corrected chi connectivity index (χ4v) is 7.47. The molecular weight excluding hydrogens is 1000 g/mol. The first-order chi connectivity index (χ1) is 35.7. The van der Waals surface area contributed by atoms with Crippen LogP contribution < -0.4 is 0 Å². The Morgan fingerprint density at radius 1 is 0.553 bits per heavy atom. The number of benzene rings is 1. The lowest BCUT2D eigenvalue weighted by Gasteiger charge is -2.26. The minimum atomic E-state index is -1.67. The molecule has 13 atom stereocenters. The number of carbonyl (C=O) groups is 10. The molecule has 1 aromatic carbocycles. The summed E-state index contributed by atoms with van der Waals surface area (Å²) in [5.41, 5.74) is 1.06. The number of rotatable bonds is 31. The zero-order chi connectivity index (χ0) is 57.2. The average molecular weight is 1080 g/mol. The summed E-state index contributed by atoms with van der Waals surface area (Å²) in [6.45, 7) is 14.2. The smallest absolute Gasteiger partial charge is 0.463 e. The van der Waals surface area contributed by atoms with Crippen LogP contribution >= 0.6 is 0 Å². The van der Waals surface area contributed by atoms with Crippen LogP contribution in [0.15, 0.2) is 42.5 Å². The summed E-state index contributed by atoms with van der Waals surface area (Å²) in [5, 5.41) is 11.0. The molecule has 2 rings (SSSR count). The zero-order valence-electron chi connectivity index (χ0n) is 45.4. The third-order valence-electron chi connectivity index (χ3n) is 11.6. The van der Waals surface area contributed by atoms with Gasteiger partial charge in [0.15, 0.2) is 49.0 Å². The van der Waals surface area contributed by atoms with E-state index in [0.717, 1.165) is 47.1 Å². The maximum absolute atomic E-state index is 13.3. The molecule has 1 fully saturated rings.